The van der Waals surface area contributed by atoms with E-state index in [0.717, 1.165) is 54.6 Å². The molecule has 0 unspecified atom stereocenters. The molecule has 6 saturated carbocycles. The molecule has 7 atom stereocenters. The Hall–Kier alpha value is -0.0800. The Balaban J connectivity index is 1.15. The average molecular weight is 333 g/mol. The second kappa shape index (κ2) is 5.98. The van der Waals surface area contributed by atoms with Gasteiger partial charge in [0.05, 0.1) is 0 Å². The average Bonchev–Trinajstić information content (AvgIpc) is 2.55. The van der Waals surface area contributed by atoms with Gasteiger partial charge in [0, 0.05) is 19.1 Å². The Kier molecular flexibility index (Phi) is 4.32. The first kappa shape index (κ1) is 17.3. The van der Waals surface area contributed by atoms with Crippen LogP contribution in [0.25, 0.3) is 0 Å². The second-order valence-electron chi connectivity index (χ2n) is 10.9. The highest BCUT2D eigenvalue weighted by Gasteiger charge is 2.56. The van der Waals surface area contributed by atoms with Crippen molar-refractivity contribution >= 4 is 0 Å². The van der Waals surface area contributed by atoms with Crippen LogP contribution in [0.1, 0.15) is 66.7 Å². The lowest BCUT2D eigenvalue weighted by Gasteiger charge is -2.62. The van der Waals surface area contributed by atoms with Crippen molar-refractivity contribution in [1.82, 2.24) is 10.6 Å². The zero-order chi connectivity index (χ0) is 17.1. The van der Waals surface area contributed by atoms with E-state index in [1.807, 2.05) is 0 Å². The normalized spacial score (nSPS) is 47.6. The van der Waals surface area contributed by atoms with Crippen LogP contribution in [-0.2, 0) is 0 Å². The largest absolute Gasteiger partial charge is 0.315 e. The number of hydrogen-bond donors (Lipinski definition) is 2. The van der Waals surface area contributed by atoms with Crippen LogP contribution in [0.4, 0.5) is 0 Å². The maximum atomic E-state index is 3.88. The van der Waals surface area contributed by atoms with Crippen LogP contribution in [0.2, 0.25) is 0 Å². The van der Waals surface area contributed by atoms with Crippen molar-refractivity contribution in [3.8, 4) is 0 Å². The van der Waals surface area contributed by atoms with Crippen LogP contribution in [0.5, 0.6) is 0 Å². The monoisotopic (exact) mass is 332 g/mol. The molecule has 0 aliphatic heterocycles. The predicted octanol–water partition coefficient (Wildman–Crippen LogP) is 4.31. The first-order chi connectivity index (χ1) is 11.3. The molecule has 6 rings (SSSR count). The van der Waals surface area contributed by atoms with E-state index in [-0.39, 0.29) is 0 Å². The van der Waals surface area contributed by atoms with Gasteiger partial charge >= 0.3 is 0 Å². The molecule has 0 amide bonds. The van der Waals surface area contributed by atoms with Crippen molar-refractivity contribution in [2.24, 2.45) is 46.3 Å². The van der Waals surface area contributed by atoms with E-state index in [0.29, 0.717) is 10.8 Å². The third kappa shape index (κ3) is 2.58. The fraction of sp³-hybridized carbons (Fsp3) is 1.00. The zero-order valence-corrected chi connectivity index (χ0v) is 16.7. The van der Waals surface area contributed by atoms with E-state index in [2.05, 4.69) is 45.3 Å². The van der Waals surface area contributed by atoms with Crippen LogP contribution in [0.3, 0.4) is 0 Å². The highest BCUT2D eigenvalue weighted by Crippen LogP contribution is 2.62. The molecule has 0 aromatic heterocycles. The zero-order valence-electron chi connectivity index (χ0n) is 16.7. The Morgan fingerprint density at radius 2 is 1.54 bits per heavy atom. The topological polar surface area (TPSA) is 24.1 Å². The van der Waals surface area contributed by atoms with Gasteiger partial charge in [0.2, 0.25) is 0 Å². The first-order valence-electron chi connectivity index (χ1n) is 10.8. The van der Waals surface area contributed by atoms with Gasteiger partial charge in [-0.1, -0.05) is 34.6 Å². The van der Waals surface area contributed by atoms with Crippen molar-refractivity contribution in [2.45, 2.75) is 72.8 Å². The van der Waals surface area contributed by atoms with Crippen molar-refractivity contribution in [2.75, 3.05) is 19.6 Å². The fourth-order valence-corrected chi connectivity index (χ4v) is 7.26. The van der Waals surface area contributed by atoms with E-state index in [1.165, 1.54) is 38.6 Å². The lowest BCUT2D eigenvalue weighted by molar-refractivity contribution is -0.115. The Labute approximate surface area is 149 Å². The molecule has 6 aliphatic rings. The molecule has 4 bridgehead atoms. The molecule has 6 fully saturated rings. The van der Waals surface area contributed by atoms with Crippen molar-refractivity contribution in [1.29, 1.82) is 0 Å². The lowest BCUT2D eigenvalue weighted by Crippen LogP contribution is -2.60. The van der Waals surface area contributed by atoms with E-state index >= 15 is 0 Å². The number of hydrogen-bond acceptors (Lipinski definition) is 2. The highest BCUT2D eigenvalue weighted by molar-refractivity contribution is 5.07. The summed E-state index contributed by atoms with van der Waals surface area (Å²) in [6.07, 6.45) is 7.36. The van der Waals surface area contributed by atoms with Crippen molar-refractivity contribution in [3.05, 3.63) is 0 Å². The molecule has 0 aromatic carbocycles. The van der Waals surface area contributed by atoms with E-state index in [9.17, 15) is 0 Å². The predicted molar refractivity (Wildman–Crippen MR) is 102 cm³/mol. The molecular weight excluding hydrogens is 292 g/mol. The molecule has 0 radical (unpaired) electrons. The summed E-state index contributed by atoms with van der Waals surface area (Å²) < 4.78 is 0. The summed E-state index contributed by atoms with van der Waals surface area (Å²) in [5, 5.41) is 7.66. The van der Waals surface area contributed by atoms with E-state index < -0.39 is 0 Å². The molecule has 24 heavy (non-hydrogen) atoms. The van der Waals surface area contributed by atoms with Gasteiger partial charge in [0.15, 0.2) is 0 Å². The standard InChI is InChI=1S/C22H40N2/c1-14-18-11-17(22(18,4)5)12-20(14)24-9-8-23-13-15-6-7-16-10-19(15)21(16,2)3/h14-20,23-24H,6-13H2,1-5H3/t14-,15-,16-,17-,18+,19-,20-/m0/s1. The van der Waals surface area contributed by atoms with Crippen LogP contribution < -0.4 is 10.6 Å². The number of rotatable bonds is 6. The van der Waals surface area contributed by atoms with E-state index in [4.69, 9.17) is 0 Å². The molecule has 0 saturated heterocycles. The summed E-state index contributed by atoms with van der Waals surface area (Å²) in [6, 6.07) is 0.768. The van der Waals surface area contributed by atoms with Crippen LogP contribution in [0.15, 0.2) is 0 Å². The SMILES string of the molecule is C[C@@H]1[C@@H](NCCNC[C@@H]2CC[C@H]3C[C@@H]2C3(C)C)C[C@@H]2C[C@H]1C2(C)C. The minimum atomic E-state index is 0.615. The van der Waals surface area contributed by atoms with Gasteiger partial charge in [-0.15, -0.1) is 0 Å². The minimum Gasteiger partial charge on any atom is -0.315 e. The summed E-state index contributed by atoms with van der Waals surface area (Å²) in [5.74, 6) is 5.74. The van der Waals surface area contributed by atoms with Crippen molar-refractivity contribution < 1.29 is 0 Å². The molecule has 2 N–H and O–H groups in total. The summed E-state index contributed by atoms with van der Waals surface area (Å²) in [6.45, 7) is 16.1. The molecule has 2 nitrogen and oxygen atoms in total. The number of nitrogens with one attached hydrogen (secondary N) is 2. The van der Waals surface area contributed by atoms with Gasteiger partial charge in [0.1, 0.15) is 0 Å². The van der Waals surface area contributed by atoms with Crippen LogP contribution >= 0.6 is 0 Å². The van der Waals surface area contributed by atoms with Gasteiger partial charge in [-0.2, -0.15) is 0 Å². The van der Waals surface area contributed by atoms with Gasteiger partial charge in [-0.3, -0.25) is 0 Å². The molecule has 0 spiro atoms. The summed E-state index contributed by atoms with van der Waals surface area (Å²) in [4.78, 5) is 0. The third-order valence-corrected chi connectivity index (χ3v) is 9.47. The second-order valence-corrected chi connectivity index (χ2v) is 10.9. The quantitative estimate of drug-likeness (QED) is 0.708. The Bertz CT molecular complexity index is 467. The Morgan fingerprint density at radius 1 is 0.833 bits per heavy atom. The Morgan fingerprint density at radius 3 is 2.17 bits per heavy atom. The van der Waals surface area contributed by atoms with Crippen LogP contribution in [-0.4, -0.2) is 25.7 Å². The van der Waals surface area contributed by atoms with Gasteiger partial charge in [0.25, 0.3) is 0 Å². The molecule has 0 heterocycles. The summed E-state index contributed by atoms with van der Waals surface area (Å²) >= 11 is 0. The van der Waals surface area contributed by atoms with Gasteiger partial charge < -0.3 is 10.6 Å². The molecule has 138 valence electrons. The van der Waals surface area contributed by atoms with E-state index in [1.54, 1.807) is 0 Å². The van der Waals surface area contributed by atoms with Gasteiger partial charge in [-0.25, -0.2) is 0 Å². The number of fused-ring (bicyclic) bond motifs is 4. The molecule has 2 heteroatoms. The lowest BCUT2D eigenvalue weighted by atomic mass is 9.45. The third-order valence-electron chi connectivity index (χ3n) is 9.47. The van der Waals surface area contributed by atoms with Crippen molar-refractivity contribution in [3.63, 3.8) is 0 Å². The fourth-order valence-electron chi connectivity index (χ4n) is 7.26. The molecule has 6 aliphatic carbocycles. The maximum Gasteiger partial charge on any atom is 0.00989 e. The molecule has 0 aromatic rings. The minimum absolute atomic E-state index is 0.615. The summed E-state index contributed by atoms with van der Waals surface area (Å²) in [5.41, 5.74) is 1.25. The first-order valence-corrected chi connectivity index (χ1v) is 10.8. The van der Waals surface area contributed by atoms with Crippen LogP contribution in [0, 0.1) is 46.3 Å². The summed E-state index contributed by atoms with van der Waals surface area (Å²) in [7, 11) is 0. The maximum absolute atomic E-state index is 3.88. The smallest absolute Gasteiger partial charge is 0.00989 e. The molecular formula is C22H40N2. The highest BCUT2D eigenvalue weighted by atomic mass is 15.0. The van der Waals surface area contributed by atoms with Gasteiger partial charge in [-0.05, 0) is 85.0 Å².